The first-order valence-corrected chi connectivity index (χ1v) is 6.64. The highest BCUT2D eigenvalue weighted by molar-refractivity contribution is 5.55. The molecule has 1 aliphatic heterocycles. The molecular formula is C14H17N3O. The molecule has 1 aromatic rings. The molecule has 2 aliphatic rings. The van der Waals surface area contributed by atoms with E-state index in [0.717, 1.165) is 50.2 Å². The van der Waals surface area contributed by atoms with Crippen LogP contribution in [0.1, 0.15) is 36.1 Å². The second kappa shape index (κ2) is 4.95. The lowest BCUT2D eigenvalue weighted by molar-refractivity contribution is 0.0875. The molecule has 0 amide bonds. The zero-order chi connectivity index (χ0) is 12.4. The Balaban J connectivity index is 1.84. The van der Waals surface area contributed by atoms with E-state index in [1.165, 1.54) is 5.56 Å². The number of rotatable bonds is 2. The molecule has 1 fully saturated rings. The minimum atomic E-state index is 0.290. The molecule has 1 unspecified atom stereocenters. The smallest absolute Gasteiger partial charge is 0.144 e. The first kappa shape index (κ1) is 11.5. The highest BCUT2D eigenvalue weighted by atomic mass is 16.5. The summed E-state index contributed by atoms with van der Waals surface area (Å²) in [6, 6.07) is 4.54. The molecule has 1 N–H and O–H groups in total. The fraction of sp³-hybridized carbons (Fsp3) is 0.571. The summed E-state index contributed by atoms with van der Waals surface area (Å²) >= 11 is 0. The van der Waals surface area contributed by atoms with Crippen LogP contribution in [0.15, 0.2) is 6.07 Å². The lowest BCUT2D eigenvalue weighted by Gasteiger charge is -2.24. The Hall–Kier alpha value is -1.60. The van der Waals surface area contributed by atoms with Crippen molar-refractivity contribution in [3.63, 3.8) is 0 Å². The third kappa shape index (κ3) is 2.19. The van der Waals surface area contributed by atoms with E-state index in [4.69, 9.17) is 4.74 Å². The van der Waals surface area contributed by atoms with E-state index in [9.17, 15) is 5.26 Å². The second-order valence-electron chi connectivity index (χ2n) is 5.01. The summed E-state index contributed by atoms with van der Waals surface area (Å²) < 4.78 is 5.45. The quantitative estimate of drug-likeness (QED) is 0.863. The Morgan fingerprint density at radius 3 is 3.11 bits per heavy atom. The largest absolute Gasteiger partial charge is 0.379 e. The highest BCUT2D eigenvalue weighted by Gasteiger charge is 2.19. The van der Waals surface area contributed by atoms with Gasteiger partial charge >= 0.3 is 0 Å². The molecule has 0 saturated carbocycles. The van der Waals surface area contributed by atoms with Gasteiger partial charge in [0.05, 0.1) is 18.2 Å². The number of nitriles is 1. The topological polar surface area (TPSA) is 57.9 Å². The van der Waals surface area contributed by atoms with E-state index >= 15 is 0 Å². The Morgan fingerprint density at radius 1 is 1.39 bits per heavy atom. The number of aromatic nitrogens is 1. The van der Waals surface area contributed by atoms with Crippen molar-refractivity contribution in [1.82, 2.24) is 4.98 Å². The number of hydrogen-bond donors (Lipinski definition) is 1. The molecule has 2 heterocycles. The van der Waals surface area contributed by atoms with Crippen LogP contribution in [0.3, 0.4) is 0 Å². The van der Waals surface area contributed by atoms with Crippen LogP contribution in [-0.4, -0.2) is 24.2 Å². The number of fused-ring (bicyclic) bond motifs is 1. The molecule has 0 aromatic carbocycles. The van der Waals surface area contributed by atoms with Crippen molar-refractivity contribution in [2.24, 2.45) is 0 Å². The second-order valence-corrected chi connectivity index (χ2v) is 5.01. The molecule has 1 saturated heterocycles. The number of ether oxygens (including phenoxy) is 1. The molecule has 4 nitrogen and oxygen atoms in total. The van der Waals surface area contributed by atoms with Gasteiger partial charge in [-0.1, -0.05) is 0 Å². The van der Waals surface area contributed by atoms with Gasteiger partial charge in [-0.05, 0) is 43.7 Å². The Labute approximate surface area is 107 Å². The van der Waals surface area contributed by atoms with E-state index in [2.05, 4.69) is 16.4 Å². The van der Waals surface area contributed by atoms with Crippen LogP contribution < -0.4 is 5.32 Å². The molecule has 94 valence electrons. The van der Waals surface area contributed by atoms with Crippen molar-refractivity contribution in [3.8, 4) is 6.07 Å². The Kier molecular flexibility index (Phi) is 3.16. The van der Waals surface area contributed by atoms with Crippen LogP contribution >= 0.6 is 0 Å². The van der Waals surface area contributed by atoms with Crippen LogP contribution in [0.25, 0.3) is 0 Å². The van der Waals surface area contributed by atoms with Gasteiger partial charge in [-0.25, -0.2) is 4.98 Å². The van der Waals surface area contributed by atoms with Gasteiger partial charge in [-0.2, -0.15) is 5.26 Å². The van der Waals surface area contributed by atoms with Crippen molar-refractivity contribution in [2.45, 2.75) is 38.1 Å². The molecule has 1 atom stereocenters. The predicted molar refractivity (Wildman–Crippen MR) is 68.4 cm³/mol. The zero-order valence-electron chi connectivity index (χ0n) is 10.4. The molecule has 18 heavy (non-hydrogen) atoms. The van der Waals surface area contributed by atoms with Gasteiger partial charge in [0.1, 0.15) is 11.9 Å². The van der Waals surface area contributed by atoms with E-state index in [-0.39, 0.29) is 6.04 Å². The van der Waals surface area contributed by atoms with Crippen molar-refractivity contribution in [3.05, 3.63) is 22.9 Å². The fourth-order valence-electron chi connectivity index (χ4n) is 2.72. The summed E-state index contributed by atoms with van der Waals surface area (Å²) in [6.07, 6.45) is 5.41. The van der Waals surface area contributed by atoms with Gasteiger partial charge in [0.15, 0.2) is 0 Å². The summed E-state index contributed by atoms with van der Waals surface area (Å²) in [6.45, 7) is 1.56. The molecule has 3 rings (SSSR count). The Morgan fingerprint density at radius 2 is 2.33 bits per heavy atom. The minimum Gasteiger partial charge on any atom is -0.379 e. The third-order valence-electron chi connectivity index (χ3n) is 3.67. The summed E-state index contributed by atoms with van der Waals surface area (Å²) in [4.78, 5) is 4.63. The number of aryl methyl sites for hydroxylation is 2. The van der Waals surface area contributed by atoms with Gasteiger partial charge in [0, 0.05) is 12.3 Å². The van der Waals surface area contributed by atoms with Gasteiger partial charge in [0.2, 0.25) is 0 Å². The van der Waals surface area contributed by atoms with E-state index in [1.807, 2.05) is 6.07 Å². The lowest BCUT2D eigenvalue weighted by atomic mass is 10.1. The number of nitrogens with zero attached hydrogens (tertiary/aromatic N) is 2. The third-order valence-corrected chi connectivity index (χ3v) is 3.67. The lowest BCUT2D eigenvalue weighted by Crippen LogP contribution is -2.30. The maximum atomic E-state index is 9.22. The molecule has 0 radical (unpaired) electrons. The maximum Gasteiger partial charge on any atom is 0.144 e. The normalized spacial score (nSPS) is 22.3. The predicted octanol–water partition coefficient (Wildman–Crippen LogP) is 2.03. The van der Waals surface area contributed by atoms with E-state index in [0.29, 0.717) is 12.2 Å². The zero-order valence-corrected chi connectivity index (χ0v) is 10.4. The summed E-state index contributed by atoms with van der Waals surface area (Å²) in [5.74, 6) is 0.744. The SMILES string of the molecule is N#Cc1cc2c(nc1NC1CCCOC1)CCC2. The molecule has 4 heteroatoms. The van der Waals surface area contributed by atoms with Crippen LogP contribution in [0.5, 0.6) is 0 Å². The summed E-state index contributed by atoms with van der Waals surface area (Å²) in [5.41, 5.74) is 3.08. The average Bonchev–Trinajstić information content (AvgIpc) is 2.86. The van der Waals surface area contributed by atoms with E-state index < -0.39 is 0 Å². The molecule has 0 spiro atoms. The summed E-state index contributed by atoms with van der Waals surface area (Å²) in [5, 5.41) is 12.6. The monoisotopic (exact) mass is 243 g/mol. The first-order chi connectivity index (χ1) is 8.86. The molecule has 1 aliphatic carbocycles. The van der Waals surface area contributed by atoms with Gasteiger partial charge in [-0.3, -0.25) is 0 Å². The number of nitrogens with one attached hydrogen (secondary N) is 1. The van der Waals surface area contributed by atoms with Crippen LogP contribution in [0.4, 0.5) is 5.82 Å². The minimum absolute atomic E-state index is 0.290. The standard InChI is InChI=1S/C14H17N3O/c15-8-11-7-10-3-1-5-13(10)17-14(11)16-12-4-2-6-18-9-12/h7,12H,1-6,9H2,(H,16,17). The van der Waals surface area contributed by atoms with Crippen LogP contribution in [-0.2, 0) is 17.6 Å². The molecule has 1 aromatic heterocycles. The number of anilines is 1. The van der Waals surface area contributed by atoms with Crippen LogP contribution in [0, 0.1) is 11.3 Å². The molecule has 0 bridgehead atoms. The van der Waals surface area contributed by atoms with Crippen LogP contribution in [0.2, 0.25) is 0 Å². The van der Waals surface area contributed by atoms with Gasteiger partial charge in [-0.15, -0.1) is 0 Å². The number of hydrogen-bond acceptors (Lipinski definition) is 4. The average molecular weight is 243 g/mol. The van der Waals surface area contributed by atoms with Crippen molar-refractivity contribution in [1.29, 1.82) is 5.26 Å². The van der Waals surface area contributed by atoms with E-state index in [1.54, 1.807) is 0 Å². The highest BCUT2D eigenvalue weighted by Crippen LogP contribution is 2.25. The number of pyridine rings is 1. The fourth-order valence-corrected chi connectivity index (χ4v) is 2.72. The van der Waals surface area contributed by atoms with Crippen molar-refractivity contribution < 1.29 is 4.74 Å². The Bertz CT molecular complexity index is 487. The van der Waals surface area contributed by atoms with Crippen molar-refractivity contribution >= 4 is 5.82 Å². The van der Waals surface area contributed by atoms with Gasteiger partial charge in [0.25, 0.3) is 0 Å². The van der Waals surface area contributed by atoms with Crippen molar-refractivity contribution in [2.75, 3.05) is 18.5 Å². The van der Waals surface area contributed by atoms with Gasteiger partial charge < -0.3 is 10.1 Å². The molecular weight excluding hydrogens is 226 g/mol. The first-order valence-electron chi connectivity index (χ1n) is 6.64. The maximum absolute atomic E-state index is 9.22. The summed E-state index contributed by atoms with van der Waals surface area (Å²) in [7, 11) is 0.